The Morgan fingerprint density at radius 3 is 2.25 bits per heavy atom. The van der Waals surface area contributed by atoms with Gasteiger partial charge in [-0.05, 0) is 6.42 Å². The molecule has 0 heterocycles. The number of aliphatic hydroxyl groups excluding tert-OH is 2. The molecule has 2 unspecified atom stereocenters. The zero-order valence-electron chi connectivity index (χ0n) is 4.91. The van der Waals surface area contributed by atoms with Crippen LogP contribution >= 0.6 is 12.6 Å². The lowest BCUT2D eigenvalue weighted by Crippen LogP contribution is -2.22. The summed E-state index contributed by atoms with van der Waals surface area (Å²) in [4.78, 5) is 0. The highest BCUT2D eigenvalue weighted by molar-refractivity contribution is 7.81. The summed E-state index contributed by atoms with van der Waals surface area (Å²) in [5.41, 5.74) is 0. The summed E-state index contributed by atoms with van der Waals surface area (Å²) in [6.07, 6.45) is 0.178. The minimum Gasteiger partial charge on any atom is -0.395 e. The van der Waals surface area contributed by atoms with E-state index in [0.717, 1.165) is 0 Å². The standard InChI is InChI=1S/C5H12O2S/c1-2-4(7)5(8)3-6/h4-8H,2-3H2,1H3. The smallest absolute Gasteiger partial charge is 0.0675 e. The summed E-state index contributed by atoms with van der Waals surface area (Å²) in [5, 5.41) is 17.0. The molecule has 8 heavy (non-hydrogen) atoms. The van der Waals surface area contributed by atoms with Gasteiger partial charge in [-0.2, -0.15) is 12.6 Å². The van der Waals surface area contributed by atoms with Crippen LogP contribution in [0.25, 0.3) is 0 Å². The second kappa shape index (κ2) is 4.18. The highest BCUT2D eigenvalue weighted by Gasteiger charge is 2.09. The van der Waals surface area contributed by atoms with Crippen molar-refractivity contribution in [3.63, 3.8) is 0 Å². The van der Waals surface area contributed by atoms with Crippen LogP contribution in [0.4, 0.5) is 0 Å². The maximum absolute atomic E-state index is 8.89. The van der Waals surface area contributed by atoms with Gasteiger partial charge in [-0.1, -0.05) is 6.92 Å². The van der Waals surface area contributed by atoms with Crippen molar-refractivity contribution < 1.29 is 10.2 Å². The Morgan fingerprint density at radius 2 is 2.12 bits per heavy atom. The van der Waals surface area contributed by atoms with Gasteiger partial charge < -0.3 is 10.2 Å². The van der Waals surface area contributed by atoms with Crippen molar-refractivity contribution >= 4 is 12.6 Å². The molecule has 0 aliphatic heterocycles. The molecule has 0 saturated heterocycles. The van der Waals surface area contributed by atoms with Crippen molar-refractivity contribution in [3.8, 4) is 0 Å². The van der Waals surface area contributed by atoms with Gasteiger partial charge in [0.25, 0.3) is 0 Å². The van der Waals surface area contributed by atoms with Gasteiger partial charge in [0, 0.05) is 0 Å². The molecule has 0 amide bonds. The molecule has 0 rings (SSSR count). The lowest BCUT2D eigenvalue weighted by atomic mass is 10.2. The van der Waals surface area contributed by atoms with E-state index in [9.17, 15) is 0 Å². The fourth-order valence-electron chi connectivity index (χ4n) is 0.394. The van der Waals surface area contributed by atoms with Gasteiger partial charge in [-0.25, -0.2) is 0 Å². The quantitative estimate of drug-likeness (QED) is 0.480. The molecule has 0 aliphatic carbocycles. The van der Waals surface area contributed by atoms with Crippen LogP contribution in [0.15, 0.2) is 0 Å². The van der Waals surface area contributed by atoms with Crippen molar-refractivity contribution in [3.05, 3.63) is 0 Å². The predicted octanol–water partition coefficient (Wildman–Crippen LogP) is 0.0480. The monoisotopic (exact) mass is 136 g/mol. The maximum Gasteiger partial charge on any atom is 0.0675 e. The van der Waals surface area contributed by atoms with Gasteiger partial charge in [0.1, 0.15) is 0 Å². The molecular weight excluding hydrogens is 124 g/mol. The fourth-order valence-corrected chi connectivity index (χ4v) is 0.605. The third-order valence-corrected chi connectivity index (χ3v) is 1.56. The van der Waals surface area contributed by atoms with Crippen molar-refractivity contribution in [1.82, 2.24) is 0 Å². The third-order valence-electron chi connectivity index (χ3n) is 1.05. The van der Waals surface area contributed by atoms with E-state index in [0.29, 0.717) is 6.42 Å². The van der Waals surface area contributed by atoms with Crippen molar-refractivity contribution in [1.29, 1.82) is 0 Å². The van der Waals surface area contributed by atoms with E-state index in [4.69, 9.17) is 10.2 Å². The first-order valence-corrected chi connectivity index (χ1v) is 3.21. The molecule has 0 aromatic rings. The molecule has 0 bridgehead atoms. The zero-order chi connectivity index (χ0) is 6.57. The first-order valence-electron chi connectivity index (χ1n) is 2.69. The molecule has 0 aromatic carbocycles. The molecule has 50 valence electrons. The zero-order valence-corrected chi connectivity index (χ0v) is 5.80. The number of aliphatic hydroxyl groups is 2. The van der Waals surface area contributed by atoms with E-state index in [1.165, 1.54) is 0 Å². The average molecular weight is 136 g/mol. The third kappa shape index (κ3) is 2.55. The first-order chi connectivity index (χ1) is 3.72. The summed E-state index contributed by atoms with van der Waals surface area (Å²) in [5.74, 6) is 0. The Hall–Kier alpha value is 0.270. The molecule has 2 atom stereocenters. The molecule has 0 aromatic heterocycles. The van der Waals surface area contributed by atoms with Gasteiger partial charge in [0.05, 0.1) is 18.0 Å². The minimum absolute atomic E-state index is 0.0574. The molecule has 0 fully saturated rings. The summed E-state index contributed by atoms with van der Waals surface area (Å²) in [6, 6.07) is 0. The van der Waals surface area contributed by atoms with Gasteiger partial charge in [0.2, 0.25) is 0 Å². The highest BCUT2D eigenvalue weighted by Crippen LogP contribution is 2.03. The highest BCUT2D eigenvalue weighted by atomic mass is 32.1. The normalized spacial score (nSPS) is 18.0. The van der Waals surface area contributed by atoms with Crippen LogP contribution in [-0.2, 0) is 0 Å². The molecule has 3 heteroatoms. The SMILES string of the molecule is CCC(O)C(S)CO. The van der Waals surface area contributed by atoms with Crippen molar-refractivity contribution in [2.24, 2.45) is 0 Å². The van der Waals surface area contributed by atoms with Gasteiger partial charge in [-0.15, -0.1) is 0 Å². The second-order valence-corrected chi connectivity index (χ2v) is 2.39. The summed E-state index contributed by atoms with van der Waals surface area (Å²) >= 11 is 3.90. The molecule has 0 radical (unpaired) electrons. The second-order valence-electron chi connectivity index (χ2n) is 1.73. The lowest BCUT2D eigenvalue weighted by molar-refractivity contribution is 0.137. The summed E-state index contributed by atoms with van der Waals surface area (Å²) < 4.78 is 0. The van der Waals surface area contributed by atoms with E-state index in [1.54, 1.807) is 0 Å². The van der Waals surface area contributed by atoms with Gasteiger partial charge in [0.15, 0.2) is 0 Å². The van der Waals surface area contributed by atoms with Crippen LogP contribution in [0.3, 0.4) is 0 Å². The topological polar surface area (TPSA) is 40.5 Å². The fraction of sp³-hybridized carbons (Fsp3) is 1.00. The molecule has 2 N–H and O–H groups in total. The summed E-state index contributed by atoms with van der Waals surface area (Å²) in [7, 11) is 0. The van der Waals surface area contributed by atoms with Crippen LogP contribution < -0.4 is 0 Å². The molecular formula is C5H12O2S. The van der Waals surface area contributed by atoms with E-state index in [1.807, 2.05) is 6.92 Å². The van der Waals surface area contributed by atoms with E-state index in [2.05, 4.69) is 12.6 Å². The van der Waals surface area contributed by atoms with Crippen LogP contribution in [-0.4, -0.2) is 28.2 Å². The van der Waals surface area contributed by atoms with E-state index < -0.39 is 6.10 Å². The van der Waals surface area contributed by atoms with E-state index in [-0.39, 0.29) is 11.9 Å². The number of thiol groups is 1. The van der Waals surface area contributed by atoms with Crippen LogP contribution in [0.1, 0.15) is 13.3 Å². The largest absolute Gasteiger partial charge is 0.395 e. The maximum atomic E-state index is 8.89. The summed E-state index contributed by atoms with van der Waals surface area (Å²) in [6.45, 7) is 1.79. The van der Waals surface area contributed by atoms with Crippen LogP contribution in [0, 0.1) is 0 Å². The number of rotatable bonds is 3. The predicted molar refractivity (Wildman–Crippen MR) is 36.2 cm³/mol. The Bertz CT molecular complexity index is 50.4. The first kappa shape index (κ1) is 8.27. The number of hydrogen-bond acceptors (Lipinski definition) is 3. The van der Waals surface area contributed by atoms with E-state index >= 15 is 0 Å². The van der Waals surface area contributed by atoms with Gasteiger partial charge in [-0.3, -0.25) is 0 Å². The molecule has 0 spiro atoms. The van der Waals surface area contributed by atoms with Crippen LogP contribution in [0.2, 0.25) is 0 Å². The number of hydrogen-bond donors (Lipinski definition) is 3. The Morgan fingerprint density at radius 1 is 1.62 bits per heavy atom. The minimum atomic E-state index is -0.469. The Kier molecular flexibility index (Phi) is 4.32. The van der Waals surface area contributed by atoms with Gasteiger partial charge >= 0.3 is 0 Å². The Balaban J connectivity index is 3.29. The molecule has 0 aliphatic rings. The Labute approximate surface area is 54.9 Å². The molecule has 2 nitrogen and oxygen atoms in total. The molecule has 0 saturated carbocycles. The van der Waals surface area contributed by atoms with Crippen molar-refractivity contribution in [2.75, 3.05) is 6.61 Å². The lowest BCUT2D eigenvalue weighted by Gasteiger charge is -2.11. The van der Waals surface area contributed by atoms with Crippen molar-refractivity contribution in [2.45, 2.75) is 24.7 Å². The van der Waals surface area contributed by atoms with Crippen LogP contribution in [0.5, 0.6) is 0 Å². The average Bonchev–Trinajstić information content (AvgIpc) is 1.84.